The summed E-state index contributed by atoms with van der Waals surface area (Å²) in [7, 11) is -3.36. The standard InChI is InChI=1S/C36H52FN6O8P/c1-3-4-5-6-7-8-9-10-11-12-13-14-29(48-21-27-17-26(20-38)18-28(37)19-27)22-49-52(46,47)50-24-36(23-40-2)34(45)32(44)33(51-36)30-15-16-31-35(39)41-25-42-43(30)31/h15-19,23,25,29,32-34,44-45H,3-14,21-22,24H2,1-2H3,(H,46,47)(H2,39,41,42)/b40-23-/t29-,32-,33-,34-,36+/m0/s1. The van der Waals surface area contributed by atoms with Crippen LogP contribution in [0.2, 0.25) is 0 Å². The van der Waals surface area contributed by atoms with E-state index in [2.05, 4.69) is 22.0 Å². The van der Waals surface area contributed by atoms with Gasteiger partial charge in [0.05, 0.1) is 43.3 Å². The Bertz CT molecular complexity index is 1690. The van der Waals surface area contributed by atoms with Gasteiger partial charge in [-0.05, 0) is 42.3 Å². The van der Waals surface area contributed by atoms with E-state index in [9.17, 15) is 29.3 Å². The highest BCUT2D eigenvalue weighted by Gasteiger charge is 2.55. The van der Waals surface area contributed by atoms with Crippen molar-refractivity contribution in [3.63, 3.8) is 0 Å². The number of phosphoric ester groups is 1. The maximum absolute atomic E-state index is 14.1. The minimum atomic E-state index is -4.78. The molecule has 1 aliphatic heterocycles. The number of halogens is 1. The molecule has 1 aliphatic rings. The quantitative estimate of drug-likeness (QED) is 0.0503. The number of phosphoric acid groups is 1. The van der Waals surface area contributed by atoms with Gasteiger partial charge in [0.15, 0.2) is 11.4 Å². The van der Waals surface area contributed by atoms with Crippen molar-refractivity contribution in [2.24, 2.45) is 4.99 Å². The lowest BCUT2D eigenvalue weighted by molar-refractivity contribution is -0.0655. The number of hydrogen-bond acceptors (Lipinski definition) is 12. The summed E-state index contributed by atoms with van der Waals surface area (Å²) in [4.78, 5) is 18.6. The maximum atomic E-state index is 14.1. The van der Waals surface area contributed by atoms with Crippen LogP contribution in [-0.4, -0.2) is 80.1 Å². The first-order valence-electron chi connectivity index (χ1n) is 18.0. The molecule has 1 fully saturated rings. The Morgan fingerprint density at radius 3 is 2.48 bits per heavy atom. The van der Waals surface area contributed by atoms with E-state index in [0.717, 1.165) is 31.7 Å². The van der Waals surface area contributed by atoms with E-state index >= 15 is 0 Å². The van der Waals surface area contributed by atoms with Crippen LogP contribution in [-0.2, 0) is 29.7 Å². The summed E-state index contributed by atoms with van der Waals surface area (Å²) in [5.41, 5.74) is 5.52. The molecule has 0 bridgehead atoms. The molecule has 14 nitrogen and oxygen atoms in total. The zero-order valence-corrected chi connectivity index (χ0v) is 30.9. The molecule has 286 valence electrons. The number of benzene rings is 1. The average molecular weight is 747 g/mol. The van der Waals surface area contributed by atoms with Crippen LogP contribution in [0.3, 0.4) is 0 Å². The highest BCUT2D eigenvalue weighted by Crippen LogP contribution is 2.47. The molecule has 0 radical (unpaired) electrons. The number of ether oxygens (including phenoxy) is 2. The van der Waals surface area contributed by atoms with Crippen molar-refractivity contribution >= 4 is 25.4 Å². The van der Waals surface area contributed by atoms with Crippen LogP contribution in [0.5, 0.6) is 0 Å². The van der Waals surface area contributed by atoms with Crippen LogP contribution in [0.4, 0.5) is 10.2 Å². The number of aliphatic hydroxyl groups excluding tert-OH is 2. The van der Waals surface area contributed by atoms with Crippen molar-refractivity contribution in [1.29, 1.82) is 5.26 Å². The molecule has 0 amide bonds. The van der Waals surface area contributed by atoms with Gasteiger partial charge in [0.25, 0.3) is 0 Å². The van der Waals surface area contributed by atoms with Crippen molar-refractivity contribution in [3.8, 4) is 6.07 Å². The van der Waals surface area contributed by atoms with Gasteiger partial charge < -0.3 is 30.3 Å². The predicted molar refractivity (Wildman–Crippen MR) is 193 cm³/mol. The third kappa shape index (κ3) is 11.6. The zero-order valence-electron chi connectivity index (χ0n) is 30.0. The average Bonchev–Trinajstić information content (AvgIpc) is 3.66. The van der Waals surface area contributed by atoms with Gasteiger partial charge in [-0.25, -0.2) is 18.5 Å². The van der Waals surface area contributed by atoms with Gasteiger partial charge in [0.1, 0.15) is 36.0 Å². The Morgan fingerprint density at radius 2 is 1.81 bits per heavy atom. The fraction of sp³-hybridized carbons (Fsp3) is 0.611. The van der Waals surface area contributed by atoms with E-state index < -0.39 is 50.3 Å². The summed E-state index contributed by atoms with van der Waals surface area (Å²) >= 11 is 0. The summed E-state index contributed by atoms with van der Waals surface area (Å²) in [6.07, 6.45) is 10.7. The smallest absolute Gasteiger partial charge is 0.387 e. The van der Waals surface area contributed by atoms with Gasteiger partial charge >= 0.3 is 7.82 Å². The maximum Gasteiger partial charge on any atom is 0.472 e. The number of nitrogen functional groups attached to an aromatic ring is 1. The minimum absolute atomic E-state index is 0.0462. The van der Waals surface area contributed by atoms with Crippen molar-refractivity contribution in [2.75, 3.05) is 26.0 Å². The lowest BCUT2D eigenvalue weighted by Crippen LogP contribution is -2.48. The number of aromatic nitrogens is 3. The van der Waals surface area contributed by atoms with Crippen LogP contribution < -0.4 is 5.73 Å². The molecule has 4 rings (SSSR count). The summed E-state index contributed by atoms with van der Waals surface area (Å²) in [6, 6.07) is 9.08. The van der Waals surface area contributed by atoms with Crippen LogP contribution in [0.1, 0.15) is 107 Å². The number of hydrogen-bond donors (Lipinski definition) is 4. The number of fused-ring (bicyclic) bond motifs is 1. The Kier molecular flexibility index (Phi) is 16.1. The first-order chi connectivity index (χ1) is 25.0. The topological polar surface area (TPSA) is 207 Å². The van der Waals surface area contributed by atoms with Gasteiger partial charge in [-0.2, -0.15) is 10.4 Å². The van der Waals surface area contributed by atoms with Crippen LogP contribution in [0.25, 0.3) is 5.52 Å². The second-order valence-electron chi connectivity index (χ2n) is 13.3. The molecule has 0 saturated carbocycles. The molecule has 1 unspecified atom stereocenters. The Hall–Kier alpha value is -3.32. The molecule has 1 saturated heterocycles. The number of rotatable bonds is 23. The second-order valence-corrected chi connectivity index (χ2v) is 14.7. The van der Waals surface area contributed by atoms with Crippen molar-refractivity contribution in [1.82, 2.24) is 14.6 Å². The Balaban J connectivity index is 1.35. The molecular formula is C36H52FN6O8P. The number of nitriles is 1. The molecule has 3 aromatic rings. The predicted octanol–water partition coefficient (Wildman–Crippen LogP) is 5.97. The van der Waals surface area contributed by atoms with Crippen molar-refractivity contribution in [2.45, 2.75) is 121 Å². The van der Waals surface area contributed by atoms with Crippen LogP contribution >= 0.6 is 7.82 Å². The van der Waals surface area contributed by atoms with Gasteiger partial charge in [-0.3, -0.25) is 14.0 Å². The number of nitrogens with two attached hydrogens (primary N) is 1. The number of aliphatic imine (C=N–C) groups is 1. The van der Waals surface area contributed by atoms with E-state index in [1.165, 1.54) is 81.2 Å². The fourth-order valence-electron chi connectivity index (χ4n) is 6.40. The third-order valence-corrected chi connectivity index (χ3v) is 10.1. The molecule has 5 N–H and O–H groups in total. The fourth-order valence-corrected chi connectivity index (χ4v) is 7.19. The summed E-state index contributed by atoms with van der Waals surface area (Å²) < 4.78 is 51.5. The molecule has 2 aromatic heterocycles. The SMILES string of the molecule is CCCCCCCCCCCCC[C@@H](COP(=O)(O)OC[C@@]1(/C=N\C)O[C@@H](c2ccc3c(N)ncnn23)[C@H](O)[C@@H]1O)OCc1cc(F)cc(C#N)c1. The van der Waals surface area contributed by atoms with E-state index in [4.69, 9.17) is 24.3 Å². The molecule has 16 heteroatoms. The number of nitrogens with zero attached hydrogens (tertiary/aromatic N) is 5. The number of anilines is 1. The van der Waals surface area contributed by atoms with Gasteiger partial charge in [-0.15, -0.1) is 0 Å². The van der Waals surface area contributed by atoms with E-state index in [1.54, 1.807) is 12.1 Å². The lowest BCUT2D eigenvalue weighted by Gasteiger charge is -2.28. The molecule has 0 spiro atoms. The van der Waals surface area contributed by atoms with Crippen molar-refractivity contribution < 1.29 is 42.6 Å². The summed E-state index contributed by atoms with van der Waals surface area (Å²) in [5.74, 6) is -0.370. The molecular weight excluding hydrogens is 694 g/mol. The Morgan fingerprint density at radius 1 is 1.12 bits per heavy atom. The molecule has 0 aliphatic carbocycles. The lowest BCUT2D eigenvalue weighted by atomic mass is 9.96. The van der Waals surface area contributed by atoms with E-state index in [1.807, 2.05) is 6.07 Å². The number of unbranched alkanes of at least 4 members (excludes halogenated alkanes) is 10. The molecule has 52 heavy (non-hydrogen) atoms. The third-order valence-electron chi connectivity index (χ3n) is 9.21. The summed E-state index contributed by atoms with van der Waals surface area (Å²) in [5, 5.41) is 35.5. The molecule has 6 atom stereocenters. The van der Waals surface area contributed by atoms with Gasteiger partial charge in [-0.1, -0.05) is 77.6 Å². The van der Waals surface area contributed by atoms with Crippen LogP contribution in [0, 0.1) is 17.1 Å². The van der Waals surface area contributed by atoms with Gasteiger partial charge in [0, 0.05) is 13.3 Å². The van der Waals surface area contributed by atoms with Crippen LogP contribution in [0.15, 0.2) is 41.7 Å². The largest absolute Gasteiger partial charge is 0.472 e. The summed E-state index contributed by atoms with van der Waals surface area (Å²) in [6.45, 7) is 1.14. The molecule has 1 aromatic carbocycles. The molecule has 3 heterocycles. The Labute approximate surface area is 304 Å². The highest BCUT2D eigenvalue weighted by atomic mass is 31.2. The minimum Gasteiger partial charge on any atom is -0.387 e. The van der Waals surface area contributed by atoms with Crippen molar-refractivity contribution in [3.05, 3.63) is 59.3 Å². The monoisotopic (exact) mass is 746 g/mol. The second kappa shape index (κ2) is 20.2. The van der Waals surface area contributed by atoms with E-state index in [-0.39, 0.29) is 24.6 Å². The van der Waals surface area contributed by atoms with Gasteiger partial charge in [0.2, 0.25) is 0 Å². The first-order valence-corrected chi connectivity index (χ1v) is 19.5. The zero-order chi connectivity index (χ0) is 37.6. The number of aliphatic hydroxyl groups is 2. The normalized spacial score (nSPS) is 22.2. The first kappa shape index (κ1) is 41.4. The highest BCUT2D eigenvalue weighted by molar-refractivity contribution is 7.47. The van der Waals surface area contributed by atoms with E-state index in [0.29, 0.717) is 23.2 Å².